The molecule has 172 valence electrons. The number of fused-ring (bicyclic) bond motifs is 4. The molecule has 34 heavy (non-hydrogen) atoms. The van der Waals surface area contributed by atoms with Gasteiger partial charge in [0.15, 0.2) is 6.17 Å². The molecule has 0 spiro atoms. The molecule has 11 heteroatoms. The minimum atomic E-state index is -4.36. The van der Waals surface area contributed by atoms with E-state index in [1.807, 2.05) is 0 Å². The maximum Gasteiger partial charge on any atom is 0.298 e. The van der Waals surface area contributed by atoms with Crippen LogP contribution in [-0.2, 0) is 15.6 Å². The molecule has 0 aliphatic carbocycles. The Morgan fingerprint density at radius 1 is 0.971 bits per heavy atom. The summed E-state index contributed by atoms with van der Waals surface area (Å²) in [5.74, 6) is -0.830. The number of hydrogen-bond donors (Lipinski definition) is 1. The summed E-state index contributed by atoms with van der Waals surface area (Å²) in [6.07, 6.45) is 0.173. The Labute approximate surface area is 194 Å². The smallest absolute Gasteiger partial charge is 0.298 e. The quantitative estimate of drug-likeness (QED) is 0.333. The first kappa shape index (κ1) is 21.6. The van der Waals surface area contributed by atoms with Crippen LogP contribution >= 0.6 is 0 Å². The molecule has 2 aliphatic heterocycles. The highest BCUT2D eigenvalue weighted by Gasteiger charge is 2.69. The van der Waals surface area contributed by atoms with Crippen LogP contribution in [0, 0.1) is 20.2 Å². The molecule has 0 amide bonds. The van der Waals surface area contributed by atoms with Crippen LogP contribution in [0.2, 0.25) is 0 Å². The van der Waals surface area contributed by atoms with Crippen LogP contribution in [0.1, 0.15) is 17.0 Å². The molecule has 0 fully saturated rings. The fraction of sp³-hybridized carbons (Fsp3) is 0.130. The fourth-order valence-electron chi connectivity index (χ4n) is 5.00. The molecule has 0 saturated carbocycles. The van der Waals surface area contributed by atoms with Crippen LogP contribution < -0.4 is 9.62 Å². The molecule has 1 N–H and O–H groups in total. The number of anilines is 2. The van der Waals surface area contributed by atoms with Crippen molar-refractivity contribution in [2.75, 3.05) is 9.62 Å². The van der Waals surface area contributed by atoms with E-state index in [0.29, 0.717) is 11.3 Å². The van der Waals surface area contributed by atoms with E-state index in [1.165, 1.54) is 12.1 Å². The van der Waals surface area contributed by atoms with Gasteiger partial charge in [-0.2, -0.15) is 0 Å². The zero-order valence-corrected chi connectivity index (χ0v) is 18.4. The van der Waals surface area contributed by atoms with Crippen LogP contribution in [0.15, 0.2) is 90.3 Å². The van der Waals surface area contributed by atoms with Gasteiger partial charge >= 0.3 is 0 Å². The molecule has 5 rings (SSSR count). The van der Waals surface area contributed by atoms with Crippen LogP contribution in [0.3, 0.4) is 0 Å². The molecule has 2 heterocycles. The third kappa shape index (κ3) is 2.70. The maximum absolute atomic E-state index is 13.9. The standard InChI is InChI=1S/C23H18N4O6S/c1-2-18-17-7-3-5-9-20(17)24-22-23(18,27(30)31)19-8-4-6-10-21(19)25(22)34(32,33)16-13-11-15(12-14-16)26(28)29/h2-14,18,22,24H,1H2/t18-,22-,23-/m1/s1. The lowest BCUT2D eigenvalue weighted by Gasteiger charge is -2.41. The van der Waals surface area contributed by atoms with E-state index in [0.717, 1.165) is 28.6 Å². The predicted octanol–water partition coefficient (Wildman–Crippen LogP) is 4.00. The molecule has 2 aliphatic rings. The molecule has 0 bridgehead atoms. The SMILES string of the molecule is C=C[C@@H]1c2ccccc2N[C@@H]2N(S(=O)(=O)c3ccc([N+](=O)[O-])cc3)c3ccccc3[C@]12[N+](=O)[O-]. The average molecular weight is 478 g/mol. The van der Waals surface area contributed by atoms with Gasteiger partial charge in [0.05, 0.1) is 27.0 Å². The van der Waals surface area contributed by atoms with Crippen molar-refractivity contribution in [2.24, 2.45) is 0 Å². The van der Waals surface area contributed by atoms with Crippen molar-refractivity contribution in [1.82, 2.24) is 0 Å². The number of non-ortho nitro benzene ring substituents is 1. The van der Waals surface area contributed by atoms with Gasteiger partial charge in [-0.05, 0) is 35.9 Å². The van der Waals surface area contributed by atoms with Gasteiger partial charge in [0.25, 0.3) is 21.2 Å². The third-order valence-electron chi connectivity index (χ3n) is 6.43. The first-order valence-electron chi connectivity index (χ1n) is 10.3. The second kappa shape index (κ2) is 7.39. The van der Waals surface area contributed by atoms with Gasteiger partial charge in [0.2, 0.25) is 0 Å². The van der Waals surface area contributed by atoms with Crippen molar-refractivity contribution < 1.29 is 18.3 Å². The molecule has 3 atom stereocenters. The van der Waals surface area contributed by atoms with Crippen molar-refractivity contribution in [3.63, 3.8) is 0 Å². The fourth-order valence-corrected chi connectivity index (χ4v) is 6.62. The lowest BCUT2D eigenvalue weighted by atomic mass is 9.71. The summed E-state index contributed by atoms with van der Waals surface area (Å²) in [6, 6.07) is 17.8. The number of para-hydroxylation sites is 2. The van der Waals surface area contributed by atoms with Crippen LogP contribution in [-0.4, -0.2) is 24.4 Å². The highest BCUT2D eigenvalue weighted by atomic mass is 32.2. The zero-order chi connectivity index (χ0) is 24.3. The minimum absolute atomic E-state index is 0.162. The Morgan fingerprint density at radius 3 is 2.26 bits per heavy atom. The minimum Gasteiger partial charge on any atom is -0.358 e. The average Bonchev–Trinajstić information content (AvgIpc) is 3.14. The van der Waals surface area contributed by atoms with Crippen molar-refractivity contribution in [2.45, 2.75) is 22.5 Å². The van der Waals surface area contributed by atoms with Gasteiger partial charge in [0, 0.05) is 22.7 Å². The molecular formula is C23H18N4O6S. The van der Waals surface area contributed by atoms with E-state index >= 15 is 0 Å². The van der Waals surface area contributed by atoms with Crippen molar-refractivity contribution >= 4 is 27.1 Å². The maximum atomic E-state index is 13.9. The Hall–Kier alpha value is -4.25. The summed E-state index contributed by atoms with van der Waals surface area (Å²) in [7, 11) is -4.36. The zero-order valence-electron chi connectivity index (χ0n) is 17.6. The number of rotatable bonds is 5. The molecule has 0 aromatic heterocycles. The monoisotopic (exact) mass is 478 g/mol. The normalized spacial score (nSPS) is 22.6. The number of nitro benzene ring substituents is 1. The second-order valence-corrected chi connectivity index (χ2v) is 9.81. The highest BCUT2D eigenvalue weighted by molar-refractivity contribution is 7.93. The number of nitrogens with zero attached hydrogens (tertiary/aromatic N) is 3. The summed E-state index contributed by atoms with van der Waals surface area (Å²) >= 11 is 0. The largest absolute Gasteiger partial charge is 0.358 e. The lowest BCUT2D eigenvalue weighted by Crippen LogP contribution is -2.60. The summed E-state index contributed by atoms with van der Waals surface area (Å²) in [5, 5.41) is 27.0. The van der Waals surface area contributed by atoms with Crippen molar-refractivity contribution in [1.29, 1.82) is 0 Å². The molecular weight excluding hydrogens is 460 g/mol. The first-order valence-corrected chi connectivity index (χ1v) is 11.7. The Kier molecular flexibility index (Phi) is 4.69. The van der Waals surface area contributed by atoms with Gasteiger partial charge in [-0.25, -0.2) is 12.7 Å². The van der Waals surface area contributed by atoms with E-state index in [-0.39, 0.29) is 21.8 Å². The van der Waals surface area contributed by atoms with Gasteiger partial charge in [-0.1, -0.05) is 36.4 Å². The topological polar surface area (TPSA) is 136 Å². The number of sulfonamides is 1. The number of benzene rings is 3. The molecule has 0 radical (unpaired) electrons. The lowest BCUT2D eigenvalue weighted by molar-refractivity contribution is -0.583. The predicted molar refractivity (Wildman–Crippen MR) is 125 cm³/mol. The summed E-state index contributed by atoms with van der Waals surface area (Å²) in [5.41, 5.74) is -0.559. The van der Waals surface area contributed by atoms with Crippen LogP contribution in [0.25, 0.3) is 0 Å². The second-order valence-electron chi connectivity index (χ2n) is 8.00. The molecule has 0 unspecified atom stereocenters. The molecule has 3 aromatic rings. The Morgan fingerprint density at radius 2 is 1.62 bits per heavy atom. The van der Waals surface area contributed by atoms with E-state index < -0.39 is 37.5 Å². The molecule has 3 aromatic carbocycles. The van der Waals surface area contributed by atoms with Gasteiger partial charge in [-0.15, -0.1) is 6.58 Å². The summed E-state index contributed by atoms with van der Waals surface area (Å²) in [4.78, 5) is 22.6. The number of nitrogens with one attached hydrogen (secondary N) is 1. The third-order valence-corrected chi connectivity index (χ3v) is 8.22. The van der Waals surface area contributed by atoms with Gasteiger partial charge < -0.3 is 5.32 Å². The first-order chi connectivity index (χ1) is 16.2. The van der Waals surface area contributed by atoms with Crippen LogP contribution in [0.5, 0.6) is 0 Å². The van der Waals surface area contributed by atoms with Gasteiger partial charge in [0.1, 0.15) is 0 Å². The highest BCUT2D eigenvalue weighted by Crippen LogP contribution is 2.58. The van der Waals surface area contributed by atoms with Gasteiger partial charge in [-0.3, -0.25) is 20.2 Å². The molecule has 10 nitrogen and oxygen atoms in total. The van der Waals surface area contributed by atoms with E-state index in [1.54, 1.807) is 42.5 Å². The van der Waals surface area contributed by atoms with Crippen molar-refractivity contribution in [3.8, 4) is 0 Å². The number of nitro groups is 2. The Bertz CT molecular complexity index is 1460. The van der Waals surface area contributed by atoms with E-state index in [4.69, 9.17) is 0 Å². The molecule has 0 saturated heterocycles. The summed E-state index contributed by atoms with van der Waals surface area (Å²) in [6.45, 7) is 3.85. The van der Waals surface area contributed by atoms with Crippen LogP contribution in [0.4, 0.5) is 17.1 Å². The van der Waals surface area contributed by atoms with Crippen molar-refractivity contribution in [3.05, 3.63) is 117 Å². The van der Waals surface area contributed by atoms with E-state index in [9.17, 15) is 28.6 Å². The number of hydrogen-bond acceptors (Lipinski definition) is 7. The van der Waals surface area contributed by atoms with E-state index in [2.05, 4.69) is 11.9 Å². The summed E-state index contributed by atoms with van der Waals surface area (Å²) < 4.78 is 28.8. The Balaban J connectivity index is 1.78.